The predicted octanol–water partition coefficient (Wildman–Crippen LogP) is 1.93. The van der Waals surface area contributed by atoms with Gasteiger partial charge in [-0.2, -0.15) is 0 Å². The molecule has 1 fully saturated rings. The number of carbonyl (C=O) groups is 2. The smallest absolute Gasteiger partial charge is 0.261 e. The van der Waals surface area contributed by atoms with Gasteiger partial charge in [-0.05, 0) is 37.1 Å². The van der Waals surface area contributed by atoms with Gasteiger partial charge in [0.2, 0.25) is 0 Å². The number of likely N-dealkylation sites (N-methyl/N-ethyl adjacent to an activating group) is 1. The second-order valence-corrected chi connectivity index (χ2v) is 8.99. The Labute approximate surface area is 175 Å². The fourth-order valence-corrected chi connectivity index (χ4v) is 4.08. The Morgan fingerprint density at radius 1 is 1.13 bits per heavy atom. The average Bonchev–Trinajstić information content (AvgIpc) is 2.68. The zero-order valence-electron chi connectivity index (χ0n) is 17.6. The van der Waals surface area contributed by atoms with Gasteiger partial charge in [0.05, 0.1) is 11.9 Å². The van der Waals surface area contributed by atoms with Crippen LogP contribution in [-0.4, -0.2) is 59.8 Å². The molecule has 0 aromatic carbocycles. The highest BCUT2D eigenvalue weighted by Gasteiger charge is 2.32. The fourth-order valence-electron chi connectivity index (χ4n) is 4.08. The molecule has 2 aromatic heterocycles. The van der Waals surface area contributed by atoms with Crippen molar-refractivity contribution >= 4 is 23.2 Å². The van der Waals surface area contributed by atoms with Crippen LogP contribution in [0, 0.1) is 5.41 Å². The highest BCUT2D eigenvalue weighted by Crippen LogP contribution is 2.33. The molecular weight excluding hydrogens is 382 g/mol. The molecule has 3 heterocycles. The minimum atomic E-state index is -0.550. The minimum Gasteiger partial charge on any atom is -0.354 e. The van der Waals surface area contributed by atoms with Crippen LogP contribution in [0.1, 0.15) is 46.7 Å². The van der Waals surface area contributed by atoms with E-state index in [1.165, 1.54) is 6.07 Å². The largest absolute Gasteiger partial charge is 0.354 e. The van der Waals surface area contributed by atoms with Crippen LogP contribution in [0.4, 0.5) is 11.5 Å². The summed E-state index contributed by atoms with van der Waals surface area (Å²) in [6.45, 7) is 7.76. The summed E-state index contributed by atoms with van der Waals surface area (Å²) in [4.78, 5) is 49.3. The summed E-state index contributed by atoms with van der Waals surface area (Å²) >= 11 is 0. The zero-order valence-corrected chi connectivity index (χ0v) is 17.6. The third kappa shape index (κ3) is 4.14. The lowest BCUT2D eigenvalue weighted by Gasteiger charge is -2.33. The number of H-pyrrole nitrogens is 1. The van der Waals surface area contributed by atoms with E-state index in [4.69, 9.17) is 0 Å². The summed E-state index contributed by atoms with van der Waals surface area (Å²) in [6, 6.07) is 5.07. The SMILES string of the molecule is CN1CCN(c2ccc(NC(=O)c3cc4c([nH]c3=O)CC(C)(C)CC4=O)cn2)CC1. The molecule has 1 saturated heterocycles. The number of amides is 1. The quantitative estimate of drug-likeness (QED) is 0.804. The number of pyridine rings is 2. The van der Waals surface area contributed by atoms with E-state index in [0.717, 1.165) is 32.0 Å². The number of rotatable bonds is 3. The summed E-state index contributed by atoms with van der Waals surface area (Å²) in [7, 11) is 2.10. The van der Waals surface area contributed by atoms with E-state index < -0.39 is 11.5 Å². The van der Waals surface area contributed by atoms with Crippen LogP contribution in [0.15, 0.2) is 29.2 Å². The van der Waals surface area contributed by atoms with Crippen LogP contribution in [0.5, 0.6) is 0 Å². The number of aromatic nitrogens is 2. The second-order valence-electron chi connectivity index (χ2n) is 8.99. The standard InChI is InChI=1S/C22H27N5O3/c1-22(2)11-17-15(18(28)12-22)10-16(21(30)25-17)20(29)24-14-4-5-19(23-13-14)27-8-6-26(3)7-9-27/h4-5,10,13H,6-9,11-12H2,1-3H3,(H,24,29)(H,25,30). The summed E-state index contributed by atoms with van der Waals surface area (Å²) in [6.07, 6.45) is 2.58. The predicted molar refractivity (Wildman–Crippen MR) is 115 cm³/mol. The van der Waals surface area contributed by atoms with Crippen LogP contribution >= 0.6 is 0 Å². The minimum absolute atomic E-state index is 0.0512. The normalized spacial score (nSPS) is 18.8. The fraction of sp³-hybridized carbons (Fsp3) is 0.455. The van der Waals surface area contributed by atoms with Gasteiger partial charge in [-0.1, -0.05) is 13.8 Å². The molecule has 0 bridgehead atoms. The third-order valence-electron chi connectivity index (χ3n) is 5.80. The Kier molecular flexibility index (Phi) is 5.19. The molecule has 8 heteroatoms. The van der Waals surface area contributed by atoms with E-state index in [1.807, 2.05) is 19.9 Å². The van der Waals surface area contributed by atoms with Crippen LogP contribution in [0.3, 0.4) is 0 Å². The Hall–Kier alpha value is -3.00. The lowest BCUT2D eigenvalue weighted by molar-refractivity contribution is 0.0910. The number of anilines is 2. The Morgan fingerprint density at radius 3 is 2.53 bits per heavy atom. The first-order valence-corrected chi connectivity index (χ1v) is 10.2. The molecular formula is C22H27N5O3. The van der Waals surface area contributed by atoms with Gasteiger partial charge in [0, 0.05) is 43.9 Å². The van der Waals surface area contributed by atoms with Crippen LogP contribution in [0.25, 0.3) is 0 Å². The molecule has 2 aromatic rings. The van der Waals surface area contributed by atoms with Crippen LogP contribution < -0.4 is 15.8 Å². The van der Waals surface area contributed by atoms with Crippen molar-refractivity contribution in [1.29, 1.82) is 0 Å². The van der Waals surface area contributed by atoms with Crippen molar-refractivity contribution in [3.8, 4) is 0 Å². The highest BCUT2D eigenvalue weighted by molar-refractivity contribution is 6.06. The first-order chi connectivity index (χ1) is 14.2. The summed E-state index contributed by atoms with van der Waals surface area (Å²) in [5.41, 5.74) is 0.790. The first kappa shape index (κ1) is 20.3. The number of hydrogen-bond acceptors (Lipinski definition) is 6. The molecule has 158 valence electrons. The van der Waals surface area contributed by atoms with Gasteiger partial charge in [-0.15, -0.1) is 0 Å². The number of aromatic amines is 1. The molecule has 8 nitrogen and oxygen atoms in total. The molecule has 30 heavy (non-hydrogen) atoms. The van der Waals surface area contributed by atoms with Gasteiger partial charge >= 0.3 is 0 Å². The van der Waals surface area contributed by atoms with Crippen molar-refractivity contribution in [1.82, 2.24) is 14.9 Å². The van der Waals surface area contributed by atoms with E-state index in [9.17, 15) is 14.4 Å². The molecule has 2 N–H and O–H groups in total. The van der Waals surface area contributed by atoms with Crippen molar-refractivity contribution in [3.63, 3.8) is 0 Å². The Morgan fingerprint density at radius 2 is 1.87 bits per heavy atom. The van der Waals surface area contributed by atoms with Crippen molar-refractivity contribution in [2.24, 2.45) is 5.41 Å². The Bertz CT molecular complexity index is 1030. The van der Waals surface area contributed by atoms with E-state index in [-0.39, 0.29) is 16.8 Å². The van der Waals surface area contributed by atoms with Gasteiger partial charge in [0.1, 0.15) is 11.4 Å². The van der Waals surface area contributed by atoms with Gasteiger partial charge in [-0.25, -0.2) is 4.98 Å². The molecule has 1 aliphatic carbocycles. The number of nitrogens with one attached hydrogen (secondary N) is 2. The van der Waals surface area contributed by atoms with Gasteiger partial charge in [-0.3, -0.25) is 14.4 Å². The van der Waals surface area contributed by atoms with Crippen molar-refractivity contribution in [3.05, 3.63) is 51.6 Å². The van der Waals surface area contributed by atoms with Crippen molar-refractivity contribution in [2.45, 2.75) is 26.7 Å². The third-order valence-corrected chi connectivity index (χ3v) is 5.80. The average molecular weight is 409 g/mol. The van der Waals surface area contributed by atoms with Crippen LogP contribution in [0.2, 0.25) is 0 Å². The Balaban J connectivity index is 1.50. The highest BCUT2D eigenvalue weighted by atomic mass is 16.2. The van der Waals surface area contributed by atoms with Crippen molar-refractivity contribution < 1.29 is 9.59 Å². The lowest BCUT2D eigenvalue weighted by Crippen LogP contribution is -2.44. The van der Waals surface area contributed by atoms with E-state index in [0.29, 0.717) is 29.8 Å². The topological polar surface area (TPSA) is 98.4 Å². The van der Waals surface area contributed by atoms with E-state index in [2.05, 4.69) is 32.1 Å². The molecule has 4 rings (SSSR count). The maximum Gasteiger partial charge on any atom is 0.261 e. The number of nitrogens with zero attached hydrogens (tertiary/aromatic N) is 3. The van der Waals surface area contributed by atoms with Gasteiger partial charge in [0.15, 0.2) is 5.78 Å². The molecule has 0 atom stereocenters. The zero-order chi connectivity index (χ0) is 21.5. The maximum absolute atomic E-state index is 12.7. The molecule has 0 saturated carbocycles. The molecule has 1 amide bonds. The van der Waals surface area contributed by atoms with Gasteiger partial charge < -0.3 is 20.1 Å². The molecule has 0 unspecified atom stereocenters. The first-order valence-electron chi connectivity index (χ1n) is 10.2. The number of carbonyl (C=O) groups excluding carboxylic acids is 2. The number of ketones is 1. The summed E-state index contributed by atoms with van der Waals surface area (Å²) in [5, 5.41) is 2.71. The summed E-state index contributed by atoms with van der Waals surface area (Å²) < 4.78 is 0. The van der Waals surface area contributed by atoms with E-state index in [1.54, 1.807) is 12.3 Å². The van der Waals surface area contributed by atoms with E-state index >= 15 is 0 Å². The number of Topliss-reactive ketones (excluding diaryl/α,β-unsaturated/α-hetero) is 1. The molecule has 0 radical (unpaired) electrons. The second kappa shape index (κ2) is 7.68. The van der Waals surface area contributed by atoms with Crippen molar-refractivity contribution in [2.75, 3.05) is 43.4 Å². The molecule has 0 spiro atoms. The monoisotopic (exact) mass is 409 g/mol. The number of piperazine rings is 1. The van der Waals surface area contributed by atoms with Gasteiger partial charge in [0.25, 0.3) is 11.5 Å². The number of hydrogen-bond donors (Lipinski definition) is 2. The maximum atomic E-state index is 12.7. The van der Waals surface area contributed by atoms with Crippen LogP contribution in [-0.2, 0) is 6.42 Å². The molecule has 1 aliphatic heterocycles. The molecule has 2 aliphatic rings. The summed E-state index contributed by atoms with van der Waals surface area (Å²) in [5.74, 6) is 0.261. The lowest BCUT2D eigenvalue weighted by atomic mass is 9.75. The number of fused-ring (bicyclic) bond motifs is 1.